The van der Waals surface area contributed by atoms with Crippen LogP contribution in [0.25, 0.3) is 0 Å². The zero-order chi connectivity index (χ0) is 13.2. The van der Waals surface area contributed by atoms with Gasteiger partial charge in [-0.15, -0.1) is 0 Å². The fourth-order valence-corrected chi connectivity index (χ4v) is 3.71. The van der Waals surface area contributed by atoms with Crippen molar-refractivity contribution in [2.45, 2.75) is 12.8 Å². The van der Waals surface area contributed by atoms with Crippen molar-refractivity contribution in [2.24, 2.45) is 5.92 Å². The second-order valence-corrected chi connectivity index (χ2v) is 6.68. The topological polar surface area (TPSA) is 63.2 Å². The molecule has 0 spiro atoms. The number of anilines is 1. The minimum absolute atomic E-state index is 0.0972. The van der Waals surface area contributed by atoms with Gasteiger partial charge in [0.1, 0.15) is 5.82 Å². The standard InChI is InChI=1S/C12H14FNO3S/c13-10-3-5-11(6-4-10)14-12(15)9-2-1-7-18(16,17)8-9/h3-6,9H,1-2,7-8H2,(H,14,15). The molecule has 0 radical (unpaired) electrons. The lowest BCUT2D eigenvalue weighted by molar-refractivity contribution is -0.119. The van der Waals surface area contributed by atoms with Crippen LogP contribution in [0.5, 0.6) is 0 Å². The number of hydrogen-bond donors (Lipinski definition) is 1. The highest BCUT2D eigenvalue weighted by Gasteiger charge is 2.29. The van der Waals surface area contributed by atoms with Crippen LogP contribution in [0.1, 0.15) is 12.8 Å². The lowest BCUT2D eigenvalue weighted by Crippen LogP contribution is -2.34. The third-order valence-electron chi connectivity index (χ3n) is 2.95. The molecule has 98 valence electrons. The molecule has 1 aromatic rings. The maximum Gasteiger partial charge on any atom is 0.228 e. The number of hydrogen-bond acceptors (Lipinski definition) is 3. The number of halogens is 1. The van der Waals surface area contributed by atoms with Crippen molar-refractivity contribution in [3.63, 3.8) is 0 Å². The summed E-state index contributed by atoms with van der Waals surface area (Å²) < 4.78 is 35.6. The van der Waals surface area contributed by atoms with E-state index < -0.39 is 15.8 Å². The van der Waals surface area contributed by atoms with E-state index in [2.05, 4.69) is 5.32 Å². The second-order valence-electron chi connectivity index (χ2n) is 4.45. The van der Waals surface area contributed by atoms with Crippen molar-refractivity contribution < 1.29 is 17.6 Å². The van der Waals surface area contributed by atoms with Gasteiger partial charge in [0, 0.05) is 5.69 Å². The van der Waals surface area contributed by atoms with Crippen LogP contribution in [-0.2, 0) is 14.6 Å². The van der Waals surface area contributed by atoms with Gasteiger partial charge in [0.15, 0.2) is 9.84 Å². The average Bonchev–Trinajstić information content (AvgIpc) is 2.31. The normalized spacial score (nSPS) is 22.4. The molecule has 0 aromatic heterocycles. The van der Waals surface area contributed by atoms with Gasteiger partial charge in [0.2, 0.25) is 5.91 Å². The highest BCUT2D eigenvalue weighted by molar-refractivity contribution is 7.91. The minimum atomic E-state index is -3.10. The van der Waals surface area contributed by atoms with Gasteiger partial charge in [-0.25, -0.2) is 12.8 Å². The molecule has 0 aliphatic carbocycles. The highest BCUT2D eigenvalue weighted by Crippen LogP contribution is 2.20. The molecule has 1 aromatic carbocycles. The van der Waals surface area contributed by atoms with Crippen LogP contribution in [0.2, 0.25) is 0 Å². The molecule has 1 fully saturated rings. The molecule has 1 atom stereocenters. The highest BCUT2D eigenvalue weighted by atomic mass is 32.2. The summed E-state index contributed by atoms with van der Waals surface area (Å²) in [5.41, 5.74) is 0.476. The number of carbonyl (C=O) groups is 1. The third kappa shape index (κ3) is 3.29. The molecular formula is C12H14FNO3S. The number of carbonyl (C=O) groups excluding carboxylic acids is 1. The van der Waals surface area contributed by atoms with Gasteiger partial charge in [0.25, 0.3) is 0 Å². The van der Waals surface area contributed by atoms with E-state index in [1.165, 1.54) is 24.3 Å². The lowest BCUT2D eigenvalue weighted by Gasteiger charge is -2.21. The van der Waals surface area contributed by atoms with E-state index in [4.69, 9.17) is 0 Å². The molecule has 1 aliphatic rings. The average molecular weight is 271 g/mol. The van der Waals surface area contributed by atoms with Crippen molar-refractivity contribution in [1.29, 1.82) is 0 Å². The zero-order valence-corrected chi connectivity index (χ0v) is 10.5. The van der Waals surface area contributed by atoms with Gasteiger partial charge >= 0.3 is 0 Å². The van der Waals surface area contributed by atoms with Crippen LogP contribution in [0, 0.1) is 11.7 Å². The van der Waals surface area contributed by atoms with E-state index in [0.29, 0.717) is 18.5 Å². The Morgan fingerprint density at radius 3 is 2.56 bits per heavy atom. The first-order valence-corrected chi connectivity index (χ1v) is 7.55. The van der Waals surface area contributed by atoms with Crippen LogP contribution in [0.4, 0.5) is 10.1 Å². The Labute approximate surface area is 105 Å². The van der Waals surface area contributed by atoms with Crippen molar-refractivity contribution in [3.05, 3.63) is 30.1 Å². The maximum absolute atomic E-state index is 12.7. The summed E-state index contributed by atoms with van der Waals surface area (Å²) in [4.78, 5) is 11.9. The first-order chi connectivity index (χ1) is 8.46. The van der Waals surface area contributed by atoms with Crippen LogP contribution in [0.3, 0.4) is 0 Å². The minimum Gasteiger partial charge on any atom is -0.326 e. The van der Waals surface area contributed by atoms with Gasteiger partial charge in [-0.1, -0.05) is 0 Å². The fourth-order valence-electron chi connectivity index (χ4n) is 2.01. The molecule has 1 amide bonds. The van der Waals surface area contributed by atoms with Gasteiger partial charge in [0.05, 0.1) is 17.4 Å². The maximum atomic E-state index is 12.7. The molecule has 2 rings (SSSR count). The van der Waals surface area contributed by atoms with Crippen LogP contribution >= 0.6 is 0 Å². The van der Waals surface area contributed by atoms with Gasteiger partial charge < -0.3 is 5.32 Å². The molecule has 0 bridgehead atoms. The smallest absolute Gasteiger partial charge is 0.228 e. The van der Waals surface area contributed by atoms with E-state index in [1.54, 1.807) is 0 Å². The Kier molecular flexibility index (Phi) is 3.65. The molecule has 1 N–H and O–H groups in total. The zero-order valence-electron chi connectivity index (χ0n) is 9.73. The van der Waals surface area contributed by atoms with Gasteiger partial charge in [-0.3, -0.25) is 4.79 Å². The van der Waals surface area contributed by atoms with E-state index in [1.807, 2.05) is 0 Å². The summed E-state index contributed by atoms with van der Waals surface area (Å²) in [6, 6.07) is 5.38. The van der Waals surface area contributed by atoms with Crippen molar-refractivity contribution in [2.75, 3.05) is 16.8 Å². The molecule has 0 saturated carbocycles. The van der Waals surface area contributed by atoms with Crippen LogP contribution < -0.4 is 5.32 Å². The molecule has 1 saturated heterocycles. The molecule has 1 unspecified atom stereocenters. The number of sulfone groups is 1. The summed E-state index contributed by atoms with van der Waals surface area (Å²) in [5.74, 6) is -1.14. The predicted octanol–water partition coefficient (Wildman–Crippen LogP) is 1.59. The molecular weight excluding hydrogens is 257 g/mol. The molecule has 1 heterocycles. The summed E-state index contributed by atoms with van der Waals surface area (Å²) in [7, 11) is -3.10. The Balaban J connectivity index is 2.01. The first-order valence-electron chi connectivity index (χ1n) is 5.73. The van der Waals surface area contributed by atoms with Gasteiger partial charge in [-0.05, 0) is 37.1 Å². The van der Waals surface area contributed by atoms with E-state index >= 15 is 0 Å². The Bertz CT molecular complexity index is 539. The molecule has 18 heavy (non-hydrogen) atoms. The lowest BCUT2D eigenvalue weighted by atomic mass is 10.0. The first kappa shape index (κ1) is 13.0. The third-order valence-corrected chi connectivity index (χ3v) is 4.77. The monoisotopic (exact) mass is 271 g/mol. The Hall–Kier alpha value is -1.43. The molecule has 6 heteroatoms. The molecule has 1 aliphatic heterocycles. The number of benzene rings is 1. The van der Waals surface area contributed by atoms with Crippen molar-refractivity contribution >= 4 is 21.4 Å². The number of nitrogens with one attached hydrogen (secondary N) is 1. The largest absolute Gasteiger partial charge is 0.326 e. The second kappa shape index (κ2) is 5.06. The van der Waals surface area contributed by atoms with Gasteiger partial charge in [-0.2, -0.15) is 0 Å². The van der Waals surface area contributed by atoms with Crippen molar-refractivity contribution in [1.82, 2.24) is 0 Å². The summed E-state index contributed by atoms with van der Waals surface area (Å²) in [6.45, 7) is 0. The molecule has 4 nitrogen and oxygen atoms in total. The van der Waals surface area contributed by atoms with Crippen LogP contribution in [0.15, 0.2) is 24.3 Å². The summed E-state index contributed by atoms with van der Waals surface area (Å²) in [6.07, 6.45) is 1.09. The van der Waals surface area contributed by atoms with Crippen molar-refractivity contribution in [3.8, 4) is 0 Å². The summed E-state index contributed by atoms with van der Waals surface area (Å²) in [5, 5.41) is 2.61. The number of rotatable bonds is 2. The predicted molar refractivity (Wildman–Crippen MR) is 66.4 cm³/mol. The van der Waals surface area contributed by atoms with E-state index in [-0.39, 0.29) is 23.2 Å². The SMILES string of the molecule is O=C(Nc1ccc(F)cc1)C1CCCS(=O)(=O)C1. The van der Waals surface area contributed by atoms with Crippen LogP contribution in [-0.4, -0.2) is 25.8 Å². The van der Waals surface area contributed by atoms with E-state index in [0.717, 1.165) is 0 Å². The Morgan fingerprint density at radius 1 is 1.28 bits per heavy atom. The summed E-state index contributed by atoms with van der Waals surface area (Å²) >= 11 is 0. The number of amides is 1. The quantitative estimate of drug-likeness (QED) is 0.888. The van der Waals surface area contributed by atoms with E-state index in [9.17, 15) is 17.6 Å². The Morgan fingerprint density at radius 2 is 1.94 bits per heavy atom. The fraction of sp³-hybridized carbons (Fsp3) is 0.417.